The van der Waals surface area contributed by atoms with E-state index in [-0.39, 0.29) is 5.78 Å². The maximum Gasteiger partial charge on any atom is 0.416 e. The van der Waals surface area contributed by atoms with Gasteiger partial charge in [0.25, 0.3) is 0 Å². The molecule has 1 aromatic carbocycles. The van der Waals surface area contributed by atoms with Crippen LogP contribution in [0.15, 0.2) is 24.3 Å². The highest BCUT2D eigenvalue weighted by molar-refractivity contribution is 5.81. The van der Waals surface area contributed by atoms with Crippen molar-refractivity contribution in [3.8, 4) is 0 Å². The van der Waals surface area contributed by atoms with E-state index in [4.69, 9.17) is 0 Å². The van der Waals surface area contributed by atoms with Gasteiger partial charge in [-0.25, -0.2) is 0 Å². The number of piperidine rings is 1. The first-order valence-corrected chi connectivity index (χ1v) is 6.41. The zero-order chi connectivity index (χ0) is 14.5. The zero-order valence-electron chi connectivity index (χ0n) is 11.1. The van der Waals surface area contributed by atoms with Crippen LogP contribution in [0.25, 0.3) is 0 Å². The third-order valence-electron chi connectivity index (χ3n) is 2.88. The molecule has 0 atom stereocenters. The van der Waals surface area contributed by atoms with Crippen molar-refractivity contribution in [2.24, 2.45) is 0 Å². The number of ketones is 1. The Morgan fingerprint density at radius 1 is 1.00 bits per heavy atom. The number of carbonyl (C=O) groups excluding carboxylic acids is 1. The summed E-state index contributed by atoms with van der Waals surface area (Å²) in [6, 6.07) is 5.06. The summed E-state index contributed by atoms with van der Waals surface area (Å²) in [6.45, 7) is 5.17. The Labute approximate surface area is 111 Å². The molecule has 1 aliphatic heterocycles. The van der Waals surface area contributed by atoms with E-state index < -0.39 is 11.7 Å². The predicted molar refractivity (Wildman–Crippen MR) is 69.2 cm³/mol. The van der Waals surface area contributed by atoms with Crippen LogP contribution in [0.5, 0.6) is 0 Å². The highest BCUT2D eigenvalue weighted by atomic mass is 19.4. The van der Waals surface area contributed by atoms with Crippen LogP contribution in [0.4, 0.5) is 18.9 Å². The van der Waals surface area contributed by atoms with E-state index >= 15 is 0 Å². The summed E-state index contributed by atoms with van der Waals surface area (Å²) < 4.78 is 37.1. The standard InChI is InChI=1S/C12H12F3NO.C2H6/c13-12(14,15)9-1-3-10(4-2-9)16-7-5-11(17)6-8-16;1-2/h1-4H,5-8H2;1-2H3. The van der Waals surface area contributed by atoms with Gasteiger partial charge in [-0.05, 0) is 24.3 Å². The molecule has 2 rings (SSSR count). The summed E-state index contributed by atoms with van der Waals surface area (Å²) in [6.07, 6.45) is -3.35. The summed E-state index contributed by atoms with van der Waals surface area (Å²) >= 11 is 0. The molecule has 0 saturated carbocycles. The normalized spacial score (nSPS) is 15.8. The van der Waals surface area contributed by atoms with Gasteiger partial charge in [0.05, 0.1) is 5.56 Å². The van der Waals surface area contributed by atoms with Crippen molar-refractivity contribution in [2.45, 2.75) is 32.9 Å². The third kappa shape index (κ3) is 4.26. The van der Waals surface area contributed by atoms with Crippen LogP contribution in [0, 0.1) is 0 Å². The highest BCUT2D eigenvalue weighted by Gasteiger charge is 2.30. The Kier molecular flexibility index (Phi) is 5.39. The molecule has 1 aromatic rings. The van der Waals surface area contributed by atoms with Gasteiger partial charge in [-0.15, -0.1) is 0 Å². The number of carbonyl (C=O) groups is 1. The molecular weight excluding hydrogens is 255 g/mol. The van der Waals surface area contributed by atoms with Gasteiger partial charge in [0.15, 0.2) is 0 Å². The second kappa shape index (κ2) is 6.59. The maximum absolute atomic E-state index is 12.4. The smallest absolute Gasteiger partial charge is 0.371 e. The fraction of sp³-hybridized carbons (Fsp3) is 0.500. The lowest BCUT2D eigenvalue weighted by Crippen LogP contribution is -2.33. The van der Waals surface area contributed by atoms with Crippen LogP contribution in [0.2, 0.25) is 0 Å². The number of Topliss-reactive ketones (excluding diaryl/α,β-unsaturated/α-hetero) is 1. The predicted octanol–water partition coefficient (Wildman–Crippen LogP) is 3.90. The highest BCUT2D eigenvalue weighted by Crippen LogP contribution is 2.30. The fourth-order valence-electron chi connectivity index (χ4n) is 1.88. The van der Waals surface area contributed by atoms with Gasteiger partial charge in [-0.2, -0.15) is 13.2 Å². The molecule has 0 unspecified atom stereocenters. The molecule has 0 spiro atoms. The van der Waals surface area contributed by atoms with E-state index in [0.29, 0.717) is 25.9 Å². The minimum absolute atomic E-state index is 0.216. The fourth-order valence-corrected chi connectivity index (χ4v) is 1.88. The number of benzene rings is 1. The van der Waals surface area contributed by atoms with E-state index in [1.54, 1.807) is 0 Å². The van der Waals surface area contributed by atoms with Crippen molar-refractivity contribution >= 4 is 11.5 Å². The van der Waals surface area contributed by atoms with Crippen molar-refractivity contribution in [1.82, 2.24) is 0 Å². The number of rotatable bonds is 1. The van der Waals surface area contributed by atoms with Crippen molar-refractivity contribution in [2.75, 3.05) is 18.0 Å². The van der Waals surface area contributed by atoms with Gasteiger partial charge in [0, 0.05) is 31.6 Å². The maximum atomic E-state index is 12.4. The number of halogens is 3. The lowest BCUT2D eigenvalue weighted by atomic mass is 10.1. The monoisotopic (exact) mass is 273 g/mol. The second-order valence-electron chi connectivity index (χ2n) is 4.07. The van der Waals surface area contributed by atoms with Gasteiger partial charge in [0.1, 0.15) is 5.78 Å². The van der Waals surface area contributed by atoms with Crippen LogP contribution in [-0.4, -0.2) is 18.9 Å². The van der Waals surface area contributed by atoms with Crippen LogP contribution in [0.1, 0.15) is 32.3 Å². The number of hydrogen-bond acceptors (Lipinski definition) is 2. The number of anilines is 1. The molecule has 0 radical (unpaired) electrons. The van der Waals surface area contributed by atoms with Gasteiger partial charge in [-0.1, -0.05) is 13.8 Å². The molecule has 1 heterocycles. The van der Waals surface area contributed by atoms with E-state index in [2.05, 4.69) is 0 Å². The minimum atomic E-state index is -4.30. The number of hydrogen-bond donors (Lipinski definition) is 0. The first-order valence-electron chi connectivity index (χ1n) is 6.41. The zero-order valence-corrected chi connectivity index (χ0v) is 11.1. The summed E-state index contributed by atoms with van der Waals surface area (Å²) in [5.74, 6) is 0.216. The van der Waals surface area contributed by atoms with Gasteiger partial charge in [0.2, 0.25) is 0 Å². The average Bonchev–Trinajstić information content (AvgIpc) is 2.41. The van der Waals surface area contributed by atoms with Gasteiger partial charge >= 0.3 is 6.18 Å². The Bertz CT molecular complexity index is 402. The lowest BCUT2D eigenvalue weighted by Gasteiger charge is -2.28. The summed E-state index contributed by atoms with van der Waals surface area (Å²) in [5.41, 5.74) is 0.0971. The van der Waals surface area contributed by atoms with Gasteiger partial charge in [-0.3, -0.25) is 4.79 Å². The van der Waals surface area contributed by atoms with Crippen molar-refractivity contribution < 1.29 is 18.0 Å². The molecule has 1 saturated heterocycles. The summed E-state index contributed by atoms with van der Waals surface area (Å²) in [7, 11) is 0. The molecule has 5 heteroatoms. The molecular formula is C14H18F3NO. The van der Waals surface area contributed by atoms with Crippen LogP contribution in [-0.2, 0) is 11.0 Å². The molecule has 0 N–H and O–H groups in total. The number of nitrogens with zero attached hydrogens (tertiary/aromatic N) is 1. The Morgan fingerprint density at radius 3 is 1.89 bits per heavy atom. The minimum Gasteiger partial charge on any atom is -0.371 e. The molecule has 0 amide bonds. The van der Waals surface area contributed by atoms with Crippen molar-refractivity contribution in [1.29, 1.82) is 0 Å². The van der Waals surface area contributed by atoms with Crippen LogP contribution in [0.3, 0.4) is 0 Å². The van der Waals surface area contributed by atoms with Crippen LogP contribution < -0.4 is 4.90 Å². The Balaban J connectivity index is 0.000000861. The molecule has 2 nitrogen and oxygen atoms in total. The average molecular weight is 273 g/mol. The van der Waals surface area contributed by atoms with Crippen LogP contribution >= 0.6 is 0 Å². The lowest BCUT2D eigenvalue weighted by molar-refractivity contribution is -0.137. The molecule has 106 valence electrons. The Hall–Kier alpha value is -1.52. The molecule has 0 aliphatic carbocycles. The first kappa shape index (κ1) is 15.5. The first-order chi connectivity index (χ1) is 8.97. The van der Waals surface area contributed by atoms with E-state index in [1.807, 2.05) is 18.7 Å². The molecule has 0 bridgehead atoms. The van der Waals surface area contributed by atoms with Gasteiger partial charge < -0.3 is 4.90 Å². The summed E-state index contributed by atoms with van der Waals surface area (Å²) in [5, 5.41) is 0. The molecule has 1 fully saturated rings. The number of alkyl halides is 3. The van der Waals surface area contributed by atoms with Crippen molar-refractivity contribution in [3.63, 3.8) is 0 Å². The largest absolute Gasteiger partial charge is 0.416 e. The summed E-state index contributed by atoms with van der Waals surface area (Å²) in [4.78, 5) is 13.0. The Morgan fingerprint density at radius 2 is 1.47 bits per heavy atom. The van der Waals surface area contributed by atoms with Crippen molar-refractivity contribution in [3.05, 3.63) is 29.8 Å². The SMILES string of the molecule is CC.O=C1CCN(c2ccc(C(F)(F)F)cc2)CC1. The third-order valence-corrected chi connectivity index (χ3v) is 2.88. The molecule has 1 aliphatic rings. The van der Waals surface area contributed by atoms with E-state index in [9.17, 15) is 18.0 Å². The van der Waals surface area contributed by atoms with E-state index in [1.165, 1.54) is 12.1 Å². The van der Waals surface area contributed by atoms with E-state index in [0.717, 1.165) is 17.8 Å². The molecule has 0 aromatic heterocycles. The topological polar surface area (TPSA) is 20.3 Å². The second-order valence-corrected chi connectivity index (χ2v) is 4.07. The molecule has 19 heavy (non-hydrogen) atoms. The quantitative estimate of drug-likeness (QED) is 0.773.